The van der Waals surface area contributed by atoms with Crippen molar-refractivity contribution < 1.29 is 14.3 Å². The molecule has 0 bridgehead atoms. The van der Waals surface area contributed by atoms with Crippen LogP contribution < -0.4 is 19.7 Å². The maximum atomic E-state index is 12.9. The number of methoxy groups -OCH3 is 2. The first-order valence-corrected chi connectivity index (χ1v) is 12.1. The molecule has 9 heteroatoms. The van der Waals surface area contributed by atoms with Crippen LogP contribution in [0, 0.1) is 12.8 Å². The Balaban J connectivity index is 1.24. The second-order valence-corrected chi connectivity index (χ2v) is 8.98. The number of ether oxygens (including phenoxy) is 2. The van der Waals surface area contributed by atoms with Crippen molar-refractivity contribution in [3.8, 4) is 17.2 Å². The van der Waals surface area contributed by atoms with Crippen LogP contribution in [-0.2, 0) is 11.3 Å². The second kappa shape index (κ2) is 10.2. The van der Waals surface area contributed by atoms with E-state index in [-0.39, 0.29) is 11.8 Å². The highest BCUT2D eigenvalue weighted by atomic mass is 16.5. The van der Waals surface area contributed by atoms with Crippen LogP contribution in [0.3, 0.4) is 0 Å². The Morgan fingerprint density at radius 1 is 1.06 bits per heavy atom. The van der Waals surface area contributed by atoms with E-state index in [9.17, 15) is 4.79 Å². The molecule has 1 aliphatic heterocycles. The van der Waals surface area contributed by atoms with Crippen LogP contribution in [0.5, 0.6) is 11.5 Å². The van der Waals surface area contributed by atoms with Crippen molar-refractivity contribution in [2.24, 2.45) is 5.92 Å². The van der Waals surface area contributed by atoms with E-state index < -0.39 is 0 Å². The van der Waals surface area contributed by atoms with E-state index in [0.717, 1.165) is 48.4 Å². The van der Waals surface area contributed by atoms with E-state index in [1.165, 1.54) is 5.56 Å². The van der Waals surface area contributed by atoms with E-state index in [1.54, 1.807) is 20.5 Å². The lowest BCUT2D eigenvalue weighted by Gasteiger charge is -2.32. The Hall–Kier alpha value is -4.14. The van der Waals surface area contributed by atoms with Gasteiger partial charge in [0.1, 0.15) is 12.1 Å². The molecular formula is C27H30N6O3. The average Bonchev–Trinajstić information content (AvgIpc) is 3.36. The lowest BCUT2D eigenvalue weighted by Crippen LogP contribution is -2.40. The van der Waals surface area contributed by atoms with Gasteiger partial charge in [-0.15, -0.1) is 5.10 Å². The van der Waals surface area contributed by atoms with Crippen LogP contribution in [0.1, 0.15) is 24.0 Å². The highest BCUT2D eigenvalue weighted by Gasteiger charge is 2.27. The van der Waals surface area contributed by atoms with Crippen LogP contribution in [0.15, 0.2) is 55.0 Å². The van der Waals surface area contributed by atoms with Crippen LogP contribution in [0.4, 0.5) is 5.82 Å². The minimum atomic E-state index is -0.0505. The first-order chi connectivity index (χ1) is 17.6. The number of carbonyl (C=O) groups is 1. The molecule has 1 N–H and O–H groups in total. The summed E-state index contributed by atoms with van der Waals surface area (Å²) in [6.45, 7) is 3.93. The van der Waals surface area contributed by atoms with Crippen LogP contribution in [-0.4, -0.2) is 53.0 Å². The Kier molecular flexibility index (Phi) is 6.71. The number of hydrogen-bond donors (Lipinski definition) is 1. The zero-order chi connectivity index (χ0) is 25.1. The highest BCUT2D eigenvalue weighted by molar-refractivity contribution is 5.87. The second-order valence-electron chi connectivity index (χ2n) is 8.98. The third kappa shape index (κ3) is 4.68. The lowest BCUT2D eigenvalue weighted by atomic mass is 9.95. The number of rotatable bonds is 7. The molecule has 0 atom stereocenters. The first-order valence-electron chi connectivity index (χ1n) is 12.1. The van der Waals surface area contributed by atoms with Gasteiger partial charge in [0.25, 0.3) is 0 Å². The number of benzene rings is 2. The fourth-order valence-corrected chi connectivity index (χ4v) is 4.68. The number of carbonyl (C=O) groups excluding carboxylic acids is 1. The number of para-hydroxylation sites is 1. The van der Waals surface area contributed by atoms with Crippen LogP contribution >= 0.6 is 0 Å². The maximum absolute atomic E-state index is 12.9. The average molecular weight is 487 g/mol. The topological polar surface area (TPSA) is 94.4 Å². The number of nitrogens with one attached hydrogen (secondary N) is 1. The van der Waals surface area contributed by atoms with Crippen LogP contribution in [0.2, 0.25) is 0 Å². The Bertz CT molecular complexity index is 1360. The third-order valence-electron chi connectivity index (χ3n) is 6.70. The van der Waals surface area contributed by atoms with E-state index in [2.05, 4.69) is 44.3 Å². The Morgan fingerprint density at radius 3 is 2.56 bits per heavy atom. The van der Waals surface area contributed by atoms with Crippen molar-refractivity contribution in [2.45, 2.75) is 26.3 Å². The molecule has 2 aromatic carbocycles. The van der Waals surface area contributed by atoms with Gasteiger partial charge < -0.3 is 19.7 Å². The first kappa shape index (κ1) is 23.6. The SMILES string of the molecule is COc1cccc(CNC(=O)C2CCN(c3ncnc4nn(-c5ccc(C)cc5)cc34)CC2)c1OC. The van der Waals surface area contributed by atoms with Gasteiger partial charge in [0.15, 0.2) is 17.1 Å². The molecular weight excluding hydrogens is 456 g/mol. The minimum Gasteiger partial charge on any atom is -0.493 e. The van der Waals surface area contributed by atoms with Crippen molar-refractivity contribution in [2.75, 3.05) is 32.2 Å². The molecule has 9 nitrogen and oxygen atoms in total. The number of aromatic nitrogens is 4. The van der Waals surface area contributed by atoms with Crippen LogP contribution in [0.25, 0.3) is 16.7 Å². The quantitative estimate of drug-likeness (QED) is 0.426. The molecule has 2 aromatic heterocycles. The van der Waals surface area contributed by atoms with E-state index in [1.807, 2.05) is 41.2 Å². The van der Waals surface area contributed by atoms with Crippen molar-refractivity contribution in [3.05, 3.63) is 66.1 Å². The van der Waals surface area contributed by atoms with Gasteiger partial charge in [-0.25, -0.2) is 14.6 Å². The summed E-state index contributed by atoms with van der Waals surface area (Å²) in [5.41, 5.74) is 3.72. The van der Waals surface area contributed by atoms with Crippen molar-refractivity contribution in [1.82, 2.24) is 25.1 Å². The number of hydrogen-bond acceptors (Lipinski definition) is 7. The van der Waals surface area contributed by atoms with Gasteiger partial charge in [-0.1, -0.05) is 29.8 Å². The van der Waals surface area contributed by atoms with Gasteiger partial charge in [0.2, 0.25) is 5.91 Å². The number of nitrogens with zero attached hydrogens (tertiary/aromatic N) is 5. The Morgan fingerprint density at radius 2 is 1.83 bits per heavy atom. The molecule has 36 heavy (non-hydrogen) atoms. The molecule has 0 saturated carbocycles. The lowest BCUT2D eigenvalue weighted by molar-refractivity contribution is -0.125. The number of fused-ring (bicyclic) bond motifs is 1. The molecule has 1 amide bonds. The van der Waals surface area contributed by atoms with E-state index in [4.69, 9.17) is 9.47 Å². The number of piperidine rings is 1. The monoisotopic (exact) mass is 486 g/mol. The predicted octanol–water partition coefficient (Wildman–Crippen LogP) is 3.67. The van der Waals surface area contributed by atoms with E-state index in [0.29, 0.717) is 23.7 Å². The highest BCUT2D eigenvalue weighted by Crippen LogP contribution is 2.31. The summed E-state index contributed by atoms with van der Waals surface area (Å²) in [7, 11) is 3.21. The smallest absolute Gasteiger partial charge is 0.223 e. The fourth-order valence-electron chi connectivity index (χ4n) is 4.68. The summed E-state index contributed by atoms with van der Waals surface area (Å²) in [4.78, 5) is 24.1. The minimum absolute atomic E-state index is 0.0505. The summed E-state index contributed by atoms with van der Waals surface area (Å²) < 4.78 is 12.7. The molecule has 0 aliphatic carbocycles. The summed E-state index contributed by atoms with van der Waals surface area (Å²) >= 11 is 0. The van der Waals surface area contributed by atoms with Gasteiger partial charge in [-0.3, -0.25) is 4.79 Å². The number of anilines is 1. The molecule has 0 unspecified atom stereocenters. The zero-order valence-corrected chi connectivity index (χ0v) is 20.8. The largest absolute Gasteiger partial charge is 0.493 e. The molecule has 4 aromatic rings. The zero-order valence-electron chi connectivity index (χ0n) is 20.8. The fraction of sp³-hybridized carbons (Fsp3) is 0.333. The van der Waals surface area contributed by atoms with Gasteiger partial charge in [-0.2, -0.15) is 0 Å². The maximum Gasteiger partial charge on any atom is 0.223 e. The molecule has 1 aliphatic rings. The standard InChI is InChI=1S/C27H30N6O3/c1-18-7-9-21(10-8-18)33-16-22-25(31-33)29-17-30-26(22)32-13-11-19(12-14-32)27(34)28-15-20-5-4-6-23(35-2)24(20)36-3/h4-10,16-17,19H,11-15H2,1-3H3,(H,28,34). The molecule has 0 radical (unpaired) electrons. The van der Waals surface area contributed by atoms with Gasteiger partial charge in [0, 0.05) is 37.3 Å². The summed E-state index contributed by atoms with van der Waals surface area (Å²) in [5.74, 6) is 2.16. The number of amides is 1. The molecule has 0 spiro atoms. The molecule has 186 valence electrons. The molecule has 1 fully saturated rings. The van der Waals surface area contributed by atoms with Crippen molar-refractivity contribution >= 4 is 22.8 Å². The number of aryl methyl sites for hydroxylation is 1. The molecule has 5 rings (SSSR count). The van der Waals surface area contributed by atoms with Gasteiger partial charge in [0.05, 0.1) is 25.3 Å². The normalized spacial score (nSPS) is 14.1. The van der Waals surface area contributed by atoms with Crippen molar-refractivity contribution in [3.63, 3.8) is 0 Å². The third-order valence-corrected chi connectivity index (χ3v) is 6.70. The predicted molar refractivity (Wildman–Crippen MR) is 138 cm³/mol. The van der Waals surface area contributed by atoms with Gasteiger partial charge >= 0.3 is 0 Å². The van der Waals surface area contributed by atoms with Crippen molar-refractivity contribution in [1.29, 1.82) is 0 Å². The Labute approximate surface area is 210 Å². The van der Waals surface area contributed by atoms with E-state index >= 15 is 0 Å². The van der Waals surface area contributed by atoms with Gasteiger partial charge in [-0.05, 0) is 38.0 Å². The molecule has 1 saturated heterocycles. The summed E-state index contributed by atoms with van der Waals surface area (Å²) in [5, 5.41) is 8.63. The summed E-state index contributed by atoms with van der Waals surface area (Å²) in [6.07, 6.45) is 5.04. The molecule has 3 heterocycles. The summed E-state index contributed by atoms with van der Waals surface area (Å²) in [6, 6.07) is 13.9.